The average Bonchev–Trinajstić information content (AvgIpc) is 3.34. The minimum absolute atomic E-state index is 0. The van der Waals surface area contributed by atoms with Gasteiger partial charge in [0.25, 0.3) is 0 Å². The van der Waals surface area contributed by atoms with Crippen molar-refractivity contribution >= 4 is 31.3 Å². The number of halogens is 2. The van der Waals surface area contributed by atoms with E-state index in [1.54, 1.807) is 8.84 Å². The number of rotatable bonds is 2. The Morgan fingerprint density at radius 1 is 0.889 bits per heavy atom. The van der Waals surface area contributed by atoms with Crippen molar-refractivity contribution < 1.29 is 46.1 Å². The standard InChI is InChI=1S/C17H11.C5H5.C2H4.2ClH.Zr/c1-3-8-14-12(6-1)13-7-2-4-9-15(13)17-11-5-10-16(14)17;1-2-4-5-3-1;1-2;;;/h1-11H;1-3H,4H2;1H,2H3;2*1H;/q;;;;;+2/p-2. The molecule has 3 aromatic carbocycles. The van der Waals surface area contributed by atoms with E-state index in [4.69, 9.17) is 0 Å². The maximum atomic E-state index is 2.58. The molecule has 134 valence electrons. The molecule has 1 atom stereocenters. The van der Waals surface area contributed by atoms with Gasteiger partial charge < -0.3 is 24.8 Å². The van der Waals surface area contributed by atoms with Gasteiger partial charge in [-0.05, 0) is 0 Å². The maximum absolute atomic E-state index is 2.58. The Hall–Kier alpha value is -1.27. The van der Waals surface area contributed by atoms with Gasteiger partial charge in [0.05, 0.1) is 0 Å². The van der Waals surface area contributed by atoms with E-state index in [2.05, 4.69) is 89.5 Å². The van der Waals surface area contributed by atoms with E-state index < -0.39 is 21.3 Å². The quantitative estimate of drug-likeness (QED) is 0.475. The van der Waals surface area contributed by atoms with Gasteiger partial charge in [-0.3, -0.25) is 0 Å². The molecule has 0 nitrogen and oxygen atoms in total. The van der Waals surface area contributed by atoms with E-state index in [0.29, 0.717) is 3.63 Å². The van der Waals surface area contributed by atoms with Crippen LogP contribution in [0.25, 0.3) is 27.6 Å². The van der Waals surface area contributed by atoms with Crippen LogP contribution in [0.2, 0.25) is 0 Å². The van der Waals surface area contributed by atoms with Crippen molar-refractivity contribution in [2.75, 3.05) is 0 Å². The summed E-state index contributed by atoms with van der Waals surface area (Å²) in [4.78, 5) is 0. The third-order valence-corrected chi connectivity index (χ3v) is 12.7. The SMILES string of the molecule is C[CH]=[Zr+2]([C]1=CC=CC1)[CH]1C=Cc2c1c1ccccc1c1ccccc21.[Cl-].[Cl-]. The number of hydrogen-bond acceptors (Lipinski definition) is 0. The zero-order chi connectivity index (χ0) is 16.8. The van der Waals surface area contributed by atoms with Gasteiger partial charge in [-0.1, -0.05) is 0 Å². The van der Waals surface area contributed by atoms with Crippen molar-refractivity contribution in [3.8, 4) is 0 Å². The van der Waals surface area contributed by atoms with Gasteiger partial charge in [-0.2, -0.15) is 0 Å². The van der Waals surface area contributed by atoms with Crippen LogP contribution in [0.3, 0.4) is 0 Å². The van der Waals surface area contributed by atoms with Crippen molar-refractivity contribution in [1.29, 1.82) is 0 Å². The van der Waals surface area contributed by atoms with Crippen LogP contribution in [0, 0.1) is 0 Å². The van der Waals surface area contributed by atoms with Gasteiger partial charge in [0.15, 0.2) is 0 Å². The van der Waals surface area contributed by atoms with Gasteiger partial charge in [0, 0.05) is 0 Å². The van der Waals surface area contributed by atoms with Gasteiger partial charge in [-0.15, -0.1) is 0 Å². The Bertz CT molecular complexity index is 1140. The fourth-order valence-electron chi connectivity index (χ4n) is 4.48. The molecule has 0 aliphatic heterocycles. The van der Waals surface area contributed by atoms with Gasteiger partial charge in [0.2, 0.25) is 0 Å². The molecule has 2 aliphatic carbocycles. The zero-order valence-electron chi connectivity index (χ0n) is 15.1. The molecule has 0 saturated heterocycles. The molecule has 0 fully saturated rings. The molecular weight excluding hydrogens is 450 g/mol. The van der Waals surface area contributed by atoms with Gasteiger partial charge in [-0.25, -0.2) is 0 Å². The maximum Gasteiger partial charge on any atom is -1.00 e. The Morgan fingerprint density at radius 2 is 1.52 bits per heavy atom. The molecule has 0 saturated carbocycles. The number of benzene rings is 3. The topological polar surface area (TPSA) is 0 Å². The molecule has 0 heterocycles. The summed E-state index contributed by atoms with van der Waals surface area (Å²) in [6.45, 7) is 2.29. The first-order valence-electron chi connectivity index (χ1n) is 9.02. The van der Waals surface area contributed by atoms with Gasteiger partial charge in [0.1, 0.15) is 0 Å². The first-order chi connectivity index (χ1) is 12.4. The molecule has 0 amide bonds. The fourth-order valence-corrected chi connectivity index (χ4v) is 11.1. The molecule has 0 aromatic heterocycles. The van der Waals surface area contributed by atoms with Crippen molar-refractivity contribution in [3.05, 3.63) is 87.2 Å². The van der Waals surface area contributed by atoms with E-state index in [1.807, 2.05) is 0 Å². The molecule has 0 N–H and O–H groups in total. The summed E-state index contributed by atoms with van der Waals surface area (Å²) < 4.78 is 4.93. The van der Waals surface area contributed by atoms with Crippen molar-refractivity contribution in [1.82, 2.24) is 0 Å². The molecule has 5 rings (SSSR count). The van der Waals surface area contributed by atoms with Crippen LogP contribution in [0.4, 0.5) is 0 Å². The molecule has 1 unspecified atom stereocenters. The summed E-state index contributed by atoms with van der Waals surface area (Å²) in [5.74, 6) is 0. The normalized spacial score (nSPS) is 16.9. The Balaban J connectivity index is 0.00000105. The van der Waals surface area contributed by atoms with Crippen LogP contribution in [0.15, 0.2) is 76.1 Å². The van der Waals surface area contributed by atoms with Crippen molar-refractivity contribution in [3.63, 3.8) is 0 Å². The predicted molar refractivity (Wildman–Crippen MR) is 107 cm³/mol. The second kappa shape index (κ2) is 8.40. The zero-order valence-corrected chi connectivity index (χ0v) is 19.1. The van der Waals surface area contributed by atoms with Crippen LogP contribution in [0.1, 0.15) is 28.1 Å². The van der Waals surface area contributed by atoms with Crippen LogP contribution in [-0.2, 0) is 21.3 Å². The Labute approximate surface area is 180 Å². The van der Waals surface area contributed by atoms with E-state index in [9.17, 15) is 0 Å². The second-order valence-electron chi connectivity index (χ2n) is 6.82. The first kappa shape index (κ1) is 20.5. The predicted octanol–water partition coefficient (Wildman–Crippen LogP) is 0.353. The monoisotopic (exact) mass is 468 g/mol. The van der Waals surface area contributed by atoms with Crippen LogP contribution in [-0.4, -0.2) is 3.71 Å². The summed E-state index contributed by atoms with van der Waals surface area (Å²) in [5, 5.41) is 5.66. The largest absolute Gasteiger partial charge is 1.00 e. The first-order valence-corrected chi connectivity index (χ1v) is 13.1. The third-order valence-electron chi connectivity index (χ3n) is 5.57. The molecule has 3 aromatic rings. The summed E-state index contributed by atoms with van der Waals surface area (Å²) in [6, 6.07) is 17.9. The molecule has 2 aliphatic rings. The molecule has 27 heavy (non-hydrogen) atoms. The van der Waals surface area contributed by atoms with E-state index in [1.165, 1.54) is 33.5 Å². The van der Waals surface area contributed by atoms with Crippen LogP contribution in [0.5, 0.6) is 0 Å². The number of fused-ring (bicyclic) bond motifs is 6. The molecule has 0 radical (unpaired) electrons. The summed E-state index contributed by atoms with van der Waals surface area (Å²) in [6.07, 6.45) is 13.0. The van der Waals surface area contributed by atoms with Crippen molar-refractivity contribution in [2.24, 2.45) is 0 Å². The second-order valence-corrected chi connectivity index (χ2v) is 13.6. The summed E-state index contributed by atoms with van der Waals surface area (Å²) >= 11 is -1.83. The van der Waals surface area contributed by atoms with Crippen LogP contribution >= 0.6 is 0 Å². The van der Waals surface area contributed by atoms with E-state index >= 15 is 0 Å². The summed E-state index contributed by atoms with van der Waals surface area (Å²) in [5.41, 5.74) is 3.06. The van der Waals surface area contributed by atoms with E-state index in [0.717, 1.165) is 0 Å². The fraction of sp³-hybridized carbons (Fsp3) is 0.125. The molecule has 0 spiro atoms. The Morgan fingerprint density at radius 3 is 2.15 bits per heavy atom. The third kappa shape index (κ3) is 3.25. The average molecular weight is 471 g/mol. The summed E-state index contributed by atoms with van der Waals surface area (Å²) in [7, 11) is 0. The Kier molecular flexibility index (Phi) is 6.36. The molecule has 0 bridgehead atoms. The number of hydrogen-bond donors (Lipinski definition) is 0. The number of allylic oxidation sites excluding steroid dienone is 5. The van der Waals surface area contributed by atoms with E-state index in [-0.39, 0.29) is 24.8 Å². The smallest absolute Gasteiger partial charge is 1.00 e. The molecular formula is C24H20Cl2Zr. The van der Waals surface area contributed by atoms with Crippen molar-refractivity contribution in [2.45, 2.75) is 17.0 Å². The minimum atomic E-state index is -1.83. The van der Waals surface area contributed by atoms with Gasteiger partial charge >= 0.3 is 157 Å². The minimum Gasteiger partial charge on any atom is -1.00 e. The van der Waals surface area contributed by atoms with Crippen LogP contribution < -0.4 is 24.8 Å². The molecule has 3 heteroatoms.